The first-order valence-corrected chi connectivity index (χ1v) is 10.1. The van der Waals surface area contributed by atoms with Gasteiger partial charge in [0.05, 0.1) is 6.26 Å². The van der Waals surface area contributed by atoms with Crippen LogP contribution in [0, 0.1) is 20.8 Å². The molecule has 1 aromatic heterocycles. The highest BCUT2D eigenvalue weighted by Crippen LogP contribution is 2.41. The highest BCUT2D eigenvalue weighted by atomic mass is 32.2. The molecular formula is C21H23NO5S. The minimum absolute atomic E-state index is 0.244. The number of amides is 1. The molecule has 148 valence electrons. The molecule has 28 heavy (non-hydrogen) atoms. The fraction of sp³-hybridized carbons (Fsp3) is 0.381. The van der Waals surface area contributed by atoms with Crippen LogP contribution in [-0.4, -0.2) is 41.0 Å². The molecule has 0 unspecified atom stereocenters. The third-order valence-corrected chi connectivity index (χ3v) is 6.01. The maximum atomic E-state index is 12.6. The molecule has 2 atom stereocenters. The molecule has 0 N–H and O–H groups in total. The van der Waals surface area contributed by atoms with Crippen LogP contribution in [0.5, 0.6) is 0 Å². The van der Waals surface area contributed by atoms with E-state index in [1.165, 1.54) is 29.8 Å². The first kappa shape index (κ1) is 20.2. The number of carbonyl (C=O) groups excluding carboxylic acids is 3. The van der Waals surface area contributed by atoms with Gasteiger partial charge in [0.1, 0.15) is 17.2 Å². The number of ether oxygens (including phenoxy) is 1. The van der Waals surface area contributed by atoms with E-state index in [1.807, 2.05) is 32.9 Å². The summed E-state index contributed by atoms with van der Waals surface area (Å²) in [5.41, 5.74) is 3.38. The number of Topliss-reactive ketones (excluding diaryl/α,β-unsaturated/α-hetero) is 1. The van der Waals surface area contributed by atoms with Crippen LogP contribution < -0.4 is 0 Å². The van der Waals surface area contributed by atoms with Gasteiger partial charge in [-0.05, 0) is 44.0 Å². The van der Waals surface area contributed by atoms with Crippen LogP contribution in [0.1, 0.15) is 45.1 Å². The Morgan fingerprint density at radius 2 is 1.89 bits per heavy atom. The summed E-state index contributed by atoms with van der Waals surface area (Å²) in [6.07, 6.45) is 1.53. The van der Waals surface area contributed by atoms with Gasteiger partial charge < -0.3 is 14.1 Å². The van der Waals surface area contributed by atoms with E-state index in [1.54, 1.807) is 12.1 Å². The van der Waals surface area contributed by atoms with Gasteiger partial charge in [-0.15, -0.1) is 11.8 Å². The van der Waals surface area contributed by atoms with Crippen LogP contribution in [0.4, 0.5) is 0 Å². The summed E-state index contributed by atoms with van der Waals surface area (Å²) < 4.78 is 10.7. The van der Waals surface area contributed by atoms with Gasteiger partial charge in [-0.1, -0.05) is 17.7 Å². The van der Waals surface area contributed by atoms with Crippen LogP contribution in [0.25, 0.3) is 0 Å². The van der Waals surface area contributed by atoms with Crippen molar-refractivity contribution in [2.75, 3.05) is 12.4 Å². The molecule has 1 saturated heterocycles. The molecule has 1 aliphatic heterocycles. The average Bonchev–Trinajstić information content (AvgIpc) is 3.27. The number of esters is 1. The van der Waals surface area contributed by atoms with Crippen LogP contribution in [-0.2, 0) is 14.3 Å². The Kier molecular flexibility index (Phi) is 5.93. The van der Waals surface area contributed by atoms with Gasteiger partial charge in [0.15, 0.2) is 6.61 Å². The minimum Gasteiger partial charge on any atom is -0.466 e. The lowest BCUT2D eigenvalue weighted by Gasteiger charge is -2.25. The van der Waals surface area contributed by atoms with Crippen molar-refractivity contribution in [1.29, 1.82) is 0 Å². The van der Waals surface area contributed by atoms with E-state index < -0.39 is 12.0 Å². The van der Waals surface area contributed by atoms with Gasteiger partial charge in [0.25, 0.3) is 0 Å². The van der Waals surface area contributed by atoms with Crippen molar-refractivity contribution in [3.05, 3.63) is 58.5 Å². The van der Waals surface area contributed by atoms with Crippen molar-refractivity contribution in [1.82, 2.24) is 4.90 Å². The largest absolute Gasteiger partial charge is 0.466 e. The number of rotatable bonds is 5. The molecule has 0 aliphatic carbocycles. The van der Waals surface area contributed by atoms with E-state index in [0.717, 1.165) is 16.7 Å². The van der Waals surface area contributed by atoms with Gasteiger partial charge in [-0.2, -0.15) is 0 Å². The lowest BCUT2D eigenvalue weighted by molar-refractivity contribution is -0.152. The van der Waals surface area contributed by atoms with Crippen molar-refractivity contribution < 1.29 is 23.5 Å². The van der Waals surface area contributed by atoms with E-state index in [2.05, 4.69) is 0 Å². The zero-order valence-corrected chi connectivity index (χ0v) is 17.2. The van der Waals surface area contributed by atoms with E-state index >= 15 is 0 Å². The highest BCUT2D eigenvalue weighted by molar-refractivity contribution is 7.99. The predicted octanol–water partition coefficient (Wildman–Crippen LogP) is 3.59. The number of aryl methyl sites for hydroxylation is 3. The molecule has 0 radical (unpaired) electrons. The van der Waals surface area contributed by atoms with Crippen LogP contribution in [0.2, 0.25) is 0 Å². The van der Waals surface area contributed by atoms with E-state index in [9.17, 15) is 14.4 Å². The standard InChI is InChI=1S/C21H23NO5S/c1-12-8-13(2)19(14(3)9-12)17(24)10-27-21(25)16-11-28-20(22(16)15(4)23)18-6-5-7-26-18/h5-9,16,20H,10-11H2,1-4H3/t16-,20+/m0/s1. The zero-order valence-electron chi connectivity index (χ0n) is 16.4. The molecule has 1 aromatic carbocycles. The first-order valence-electron chi connectivity index (χ1n) is 9.01. The van der Waals surface area contributed by atoms with Crippen molar-refractivity contribution in [3.8, 4) is 0 Å². The number of carbonyl (C=O) groups is 3. The number of benzene rings is 1. The summed E-state index contributed by atoms with van der Waals surface area (Å²) in [6.45, 7) is 6.77. The maximum absolute atomic E-state index is 12.6. The quantitative estimate of drug-likeness (QED) is 0.563. The molecule has 7 heteroatoms. The van der Waals surface area contributed by atoms with Crippen molar-refractivity contribution >= 4 is 29.4 Å². The minimum atomic E-state index is -0.745. The molecule has 3 rings (SSSR count). The topological polar surface area (TPSA) is 76.8 Å². The van der Waals surface area contributed by atoms with E-state index in [-0.39, 0.29) is 23.7 Å². The Balaban J connectivity index is 1.69. The second-order valence-corrected chi connectivity index (χ2v) is 8.06. The summed E-state index contributed by atoms with van der Waals surface area (Å²) >= 11 is 1.44. The average molecular weight is 401 g/mol. The fourth-order valence-corrected chi connectivity index (χ4v) is 5.06. The van der Waals surface area contributed by atoms with Gasteiger partial charge in [0, 0.05) is 18.2 Å². The zero-order chi connectivity index (χ0) is 20.4. The molecule has 0 bridgehead atoms. The molecule has 0 spiro atoms. The van der Waals surface area contributed by atoms with Gasteiger partial charge in [0.2, 0.25) is 11.7 Å². The molecule has 0 saturated carbocycles. The maximum Gasteiger partial charge on any atom is 0.330 e. The summed E-state index contributed by atoms with van der Waals surface area (Å²) in [7, 11) is 0. The molecule has 1 fully saturated rings. The third-order valence-electron chi connectivity index (χ3n) is 4.72. The van der Waals surface area contributed by atoms with Gasteiger partial charge in [-0.25, -0.2) is 4.79 Å². The van der Waals surface area contributed by atoms with Crippen molar-refractivity contribution in [2.24, 2.45) is 0 Å². The normalized spacial score (nSPS) is 18.9. The summed E-state index contributed by atoms with van der Waals surface area (Å²) in [5, 5.41) is -0.373. The third kappa shape index (κ3) is 3.99. The molecular weight excluding hydrogens is 378 g/mol. The molecule has 2 heterocycles. The fourth-order valence-electron chi connectivity index (χ4n) is 3.65. The Hall–Kier alpha value is -2.54. The number of hydrogen-bond acceptors (Lipinski definition) is 6. The number of nitrogens with zero attached hydrogens (tertiary/aromatic N) is 1. The lowest BCUT2D eigenvalue weighted by atomic mass is 9.97. The number of furan rings is 1. The second kappa shape index (κ2) is 8.22. The summed E-state index contributed by atoms with van der Waals surface area (Å²) in [5.74, 6) is -0.0681. The Labute approximate surface area is 168 Å². The second-order valence-electron chi connectivity index (χ2n) is 6.95. The van der Waals surface area contributed by atoms with Gasteiger partial charge >= 0.3 is 5.97 Å². The Morgan fingerprint density at radius 3 is 2.46 bits per heavy atom. The molecule has 1 amide bonds. The molecule has 1 aliphatic rings. The number of ketones is 1. The van der Waals surface area contributed by atoms with E-state index in [4.69, 9.17) is 9.15 Å². The van der Waals surface area contributed by atoms with Crippen LogP contribution in [0.3, 0.4) is 0 Å². The smallest absolute Gasteiger partial charge is 0.330 e. The predicted molar refractivity (Wildman–Crippen MR) is 106 cm³/mol. The Morgan fingerprint density at radius 1 is 1.21 bits per heavy atom. The summed E-state index contributed by atoms with van der Waals surface area (Å²) in [4.78, 5) is 38.8. The lowest BCUT2D eigenvalue weighted by Crippen LogP contribution is -2.43. The highest BCUT2D eigenvalue weighted by Gasteiger charge is 2.43. The Bertz CT molecular complexity index is 883. The van der Waals surface area contributed by atoms with Crippen LogP contribution in [0.15, 0.2) is 34.9 Å². The number of thioether (sulfide) groups is 1. The van der Waals surface area contributed by atoms with Gasteiger partial charge in [-0.3, -0.25) is 9.59 Å². The van der Waals surface area contributed by atoms with Crippen LogP contribution >= 0.6 is 11.8 Å². The summed E-state index contributed by atoms with van der Waals surface area (Å²) in [6, 6.07) is 6.63. The van der Waals surface area contributed by atoms with Crippen molar-refractivity contribution in [3.63, 3.8) is 0 Å². The first-order chi connectivity index (χ1) is 13.3. The number of hydrogen-bond donors (Lipinski definition) is 0. The molecule has 2 aromatic rings. The SMILES string of the molecule is CC(=O)N1[C@@H](c2ccco2)SC[C@H]1C(=O)OCC(=O)c1c(C)cc(C)cc1C. The van der Waals surface area contributed by atoms with Crippen molar-refractivity contribution in [2.45, 2.75) is 39.1 Å². The van der Waals surface area contributed by atoms with E-state index in [0.29, 0.717) is 17.1 Å². The monoisotopic (exact) mass is 401 g/mol. The molecule has 6 nitrogen and oxygen atoms in total.